The van der Waals surface area contributed by atoms with Crippen LogP contribution in [0.2, 0.25) is 0 Å². The topological polar surface area (TPSA) is 49.8 Å². The Hall–Kier alpha value is -1.32. The lowest BCUT2D eigenvalue weighted by Gasteiger charge is -2.17. The van der Waals surface area contributed by atoms with E-state index in [4.69, 9.17) is 0 Å². The van der Waals surface area contributed by atoms with Crippen molar-refractivity contribution >= 4 is 11.6 Å². The summed E-state index contributed by atoms with van der Waals surface area (Å²) < 4.78 is 0. The maximum absolute atomic E-state index is 4.37. The molecule has 0 aliphatic heterocycles. The third-order valence-electron chi connectivity index (χ3n) is 2.31. The van der Waals surface area contributed by atoms with E-state index in [0.717, 1.165) is 23.9 Å². The molecule has 1 aromatic heterocycles. The molecule has 0 radical (unpaired) electrons. The molecule has 1 aromatic rings. The number of rotatable bonds is 5. The first-order valence-electron chi connectivity index (χ1n) is 5.81. The zero-order valence-corrected chi connectivity index (χ0v) is 10.8. The predicted molar refractivity (Wildman–Crippen MR) is 68.9 cm³/mol. The van der Waals surface area contributed by atoms with Gasteiger partial charge in [0.2, 0.25) is 0 Å². The third kappa shape index (κ3) is 4.04. The largest absolute Gasteiger partial charge is 0.373 e. The molecule has 0 aliphatic carbocycles. The van der Waals surface area contributed by atoms with Gasteiger partial charge in [-0.1, -0.05) is 13.8 Å². The Kier molecular flexibility index (Phi) is 4.52. The number of aryl methyl sites for hydroxylation is 1. The second-order valence-corrected chi connectivity index (χ2v) is 4.61. The predicted octanol–water partition coefficient (Wildman–Crippen LogP) is 2.67. The van der Waals surface area contributed by atoms with Crippen LogP contribution in [0.3, 0.4) is 0 Å². The molecule has 4 heteroatoms. The van der Waals surface area contributed by atoms with E-state index in [-0.39, 0.29) is 0 Å². The fourth-order valence-corrected chi connectivity index (χ4v) is 1.79. The molecule has 90 valence electrons. The van der Waals surface area contributed by atoms with Gasteiger partial charge >= 0.3 is 0 Å². The molecule has 0 saturated heterocycles. The number of hydrogen-bond acceptors (Lipinski definition) is 4. The Morgan fingerprint density at radius 3 is 2.38 bits per heavy atom. The molecular weight excluding hydrogens is 200 g/mol. The van der Waals surface area contributed by atoms with Crippen LogP contribution in [0.25, 0.3) is 0 Å². The van der Waals surface area contributed by atoms with E-state index in [1.165, 1.54) is 0 Å². The van der Waals surface area contributed by atoms with E-state index < -0.39 is 0 Å². The summed E-state index contributed by atoms with van der Waals surface area (Å²) in [6, 6.07) is 2.36. The van der Waals surface area contributed by atoms with E-state index in [1.54, 1.807) is 0 Å². The SMILES string of the molecule is CNc1cc(NC(C)CC(C)C)nc(C)n1. The Balaban J connectivity index is 2.69. The highest BCUT2D eigenvalue weighted by Gasteiger charge is 2.07. The molecule has 0 spiro atoms. The van der Waals surface area contributed by atoms with Crippen LogP contribution in [0.15, 0.2) is 6.07 Å². The van der Waals surface area contributed by atoms with E-state index >= 15 is 0 Å². The quantitative estimate of drug-likeness (QED) is 0.804. The van der Waals surface area contributed by atoms with Crippen molar-refractivity contribution in [3.05, 3.63) is 11.9 Å². The zero-order chi connectivity index (χ0) is 12.1. The lowest BCUT2D eigenvalue weighted by Crippen LogP contribution is -2.18. The summed E-state index contributed by atoms with van der Waals surface area (Å²) in [7, 11) is 1.86. The van der Waals surface area contributed by atoms with Gasteiger partial charge in [-0.25, -0.2) is 9.97 Å². The van der Waals surface area contributed by atoms with E-state index in [2.05, 4.69) is 41.4 Å². The molecule has 2 N–H and O–H groups in total. The molecule has 1 rings (SSSR count). The number of nitrogens with zero attached hydrogens (tertiary/aromatic N) is 2. The summed E-state index contributed by atoms with van der Waals surface area (Å²) in [5.41, 5.74) is 0. The summed E-state index contributed by atoms with van der Waals surface area (Å²) in [4.78, 5) is 8.63. The minimum atomic E-state index is 0.430. The number of hydrogen-bond donors (Lipinski definition) is 2. The van der Waals surface area contributed by atoms with E-state index in [1.807, 2.05) is 20.0 Å². The van der Waals surface area contributed by atoms with Gasteiger partial charge in [0.1, 0.15) is 17.5 Å². The average Bonchev–Trinajstić information content (AvgIpc) is 2.14. The highest BCUT2D eigenvalue weighted by molar-refractivity contribution is 5.47. The van der Waals surface area contributed by atoms with Crippen molar-refractivity contribution in [3.63, 3.8) is 0 Å². The molecule has 4 nitrogen and oxygen atoms in total. The fourth-order valence-electron chi connectivity index (χ4n) is 1.79. The van der Waals surface area contributed by atoms with E-state index in [9.17, 15) is 0 Å². The second-order valence-electron chi connectivity index (χ2n) is 4.61. The van der Waals surface area contributed by atoms with Gasteiger partial charge in [0, 0.05) is 19.2 Å². The molecule has 0 saturated carbocycles. The molecule has 1 atom stereocenters. The summed E-state index contributed by atoms with van der Waals surface area (Å²) in [6.07, 6.45) is 1.14. The first-order valence-corrected chi connectivity index (χ1v) is 5.81. The zero-order valence-electron chi connectivity index (χ0n) is 10.8. The molecule has 0 aliphatic rings. The standard InChI is InChI=1S/C12H22N4/c1-8(2)6-9(3)14-12-7-11(13-5)15-10(4)16-12/h7-9H,6H2,1-5H3,(H2,13,14,15,16). The maximum atomic E-state index is 4.37. The van der Waals surface area contributed by atoms with Crippen LogP contribution in [0, 0.1) is 12.8 Å². The Labute approximate surface area is 97.9 Å². The molecule has 0 fully saturated rings. The van der Waals surface area contributed by atoms with Crippen molar-refractivity contribution in [2.45, 2.75) is 40.2 Å². The molecule has 0 amide bonds. The normalized spacial score (nSPS) is 12.6. The van der Waals surface area contributed by atoms with Crippen LogP contribution in [-0.2, 0) is 0 Å². The second kappa shape index (κ2) is 5.68. The van der Waals surface area contributed by atoms with Crippen molar-refractivity contribution in [1.29, 1.82) is 0 Å². The minimum absolute atomic E-state index is 0.430. The van der Waals surface area contributed by atoms with Crippen molar-refractivity contribution in [1.82, 2.24) is 9.97 Å². The van der Waals surface area contributed by atoms with Crippen molar-refractivity contribution in [2.75, 3.05) is 17.7 Å². The van der Waals surface area contributed by atoms with Crippen LogP contribution in [0.1, 0.15) is 33.0 Å². The van der Waals surface area contributed by atoms with Gasteiger partial charge in [0.25, 0.3) is 0 Å². The van der Waals surface area contributed by atoms with Crippen LogP contribution >= 0.6 is 0 Å². The highest BCUT2D eigenvalue weighted by Crippen LogP contribution is 2.14. The van der Waals surface area contributed by atoms with Gasteiger partial charge < -0.3 is 10.6 Å². The monoisotopic (exact) mass is 222 g/mol. The van der Waals surface area contributed by atoms with Gasteiger partial charge in [0.15, 0.2) is 0 Å². The summed E-state index contributed by atoms with van der Waals surface area (Å²) in [5.74, 6) is 3.22. The van der Waals surface area contributed by atoms with Crippen LogP contribution in [-0.4, -0.2) is 23.1 Å². The maximum Gasteiger partial charge on any atom is 0.132 e. The molecular formula is C12H22N4. The number of nitrogens with one attached hydrogen (secondary N) is 2. The average molecular weight is 222 g/mol. The molecule has 1 heterocycles. The minimum Gasteiger partial charge on any atom is -0.373 e. The molecule has 0 bridgehead atoms. The van der Waals surface area contributed by atoms with Crippen LogP contribution in [0.4, 0.5) is 11.6 Å². The summed E-state index contributed by atoms with van der Waals surface area (Å²) >= 11 is 0. The molecule has 16 heavy (non-hydrogen) atoms. The smallest absolute Gasteiger partial charge is 0.132 e. The lowest BCUT2D eigenvalue weighted by molar-refractivity contribution is 0.538. The van der Waals surface area contributed by atoms with Gasteiger partial charge in [-0.2, -0.15) is 0 Å². The van der Waals surface area contributed by atoms with E-state index in [0.29, 0.717) is 12.0 Å². The first kappa shape index (κ1) is 12.7. The first-order chi connectivity index (χ1) is 7.51. The van der Waals surface area contributed by atoms with Crippen molar-refractivity contribution in [3.8, 4) is 0 Å². The third-order valence-corrected chi connectivity index (χ3v) is 2.31. The van der Waals surface area contributed by atoms with Gasteiger partial charge in [-0.05, 0) is 26.2 Å². The summed E-state index contributed by atoms with van der Waals surface area (Å²) in [5, 5.41) is 6.43. The highest BCUT2D eigenvalue weighted by atomic mass is 15.1. The Morgan fingerprint density at radius 2 is 1.81 bits per heavy atom. The van der Waals surface area contributed by atoms with Crippen LogP contribution in [0.5, 0.6) is 0 Å². The fraction of sp³-hybridized carbons (Fsp3) is 0.667. The molecule has 1 unspecified atom stereocenters. The summed E-state index contributed by atoms with van der Waals surface area (Å²) in [6.45, 7) is 8.53. The van der Waals surface area contributed by atoms with Gasteiger partial charge in [-0.3, -0.25) is 0 Å². The van der Waals surface area contributed by atoms with Crippen molar-refractivity contribution < 1.29 is 0 Å². The van der Waals surface area contributed by atoms with Crippen molar-refractivity contribution in [2.24, 2.45) is 5.92 Å². The van der Waals surface area contributed by atoms with Gasteiger partial charge in [0.05, 0.1) is 0 Å². The van der Waals surface area contributed by atoms with Crippen LogP contribution < -0.4 is 10.6 Å². The van der Waals surface area contributed by atoms with Gasteiger partial charge in [-0.15, -0.1) is 0 Å². The lowest BCUT2D eigenvalue weighted by atomic mass is 10.1. The number of anilines is 2. The molecule has 0 aromatic carbocycles. The number of aromatic nitrogens is 2. The Morgan fingerprint density at radius 1 is 1.19 bits per heavy atom. The Bertz CT molecular complexity index is 336.